The van der Waals surface area contributed by atoms with Crippen LogP contribution in [0.15, 0.2) is 48.5 Å². The third-order valence-corrected chi connectivity index (χ3v) is 6.62. The second-order valence-electron chi connectivity index (χ2n) is 4.99. The summed E-state index contributed by atoms with van der Waals surface area (Å²) in [7, 11) is 12.5. The number of aryl methyl sites for hydroxylation is 2. The minimum absolute atomic E-state index is 1.13. The van der Waals surface area contributed by atoms with Crippen molar-refractivity contribution in [2.45, 2.75) is 13.8 Å². The van der Waals surface area contributed by atoms with Crippen LogP contribution in [-0.4, -0.2) is 4.11 Å². The fraction of sp³-hybridized carbons (Fsp3) is 0.118. The van der Waals surface area contributed by atoms with Crippen LogP contribution in [0.1, 0.15) is 27.8 Å². The Morgan fingerprint density at radius 1 is 0.800 bits per heavy atom. The van der Waals surface area contributed by atoms with Gasteiger partial charge in [0.2, 0.25) is 0 Å². The molecule has 0 spiro atoms. The van der Waals surface area contributed by atoms with Gasteiger partial charge in [0.15, 0.2) is 0 Å². The van der Waals surface area contributed by atoms with E-state index in [-0.39, 0.29) is 0 Å². The Morgan fingerprint density at radius 2 is 1.45 bits per heavy atom. The van der Waals surface area contributed by atoms with Crippen molar-refractivity contribution in [3.63, 3.8) is 0 Å². The van der Waals surface area contributed by atoms with Gasteiger partial charge in [-0.15, -0.1) is 0 Å². The van der Waals surface area contributed by atoms with Gasteiger partial charge in [0.05, 0.1) is 0 Å². The van der Waals surface area contributed by atoms with Crippen LogP contribution in [0.2, 0.25) is 0 Å². The van der Waals surface area contributed by atoms with Crippen LogP contribution < -0.4 is 0 Å². The molecule has 0 saturated carbocycles. The molecule has 2 aromatic rings. The first-order valence-corrected chi connectivity index (χ1v) is 11.7. The van der Waals surface area contributed by atoms with Crippen molar-refractivity contribution >= 4 is 29.1 Å². The molecular formula is C17H14Cl2Ru. The van der Waals surface area contributed by atoms with Gasteiger partial charge < -0.3 is 0 Å². The molecule has 0 radical (unpaired) electrons. The first-order chi connectivity index (χ1) is 9.56. The molecule has 0 N–H and O–H groups in total. The molecule has 0 amide bonds. The first kappa shape index (κ1) is 14.2. The molecule has 0 nitrogen and oxygen atoms in total. The summed E-state index contributed by atoms with van der Waals surface area (Å²) in [5.74, 6) is 0. The minimum atomic E-state index is -1.91. The maximum absolute atomic E-state index is 6.27. The average Bonchev–Trinajstić information content (AvgIpc) is 2.78. The predicted octanol–water partition coefficient (Wildman–Crippen LogP) is 5.20. The van der Waals surface area contributed by atoms with E-state index >= 15 is 0 Å². The Hall–Kier alpha value is -0.747. The van der Waals surface area contributed by atoms with Crippen LogP contribution in [0.4, 0.5) is 0 Å². The molecule has 0 aromatic heterocycles. The summed E-state index contributed by atoms with van der Waals surface area (Å²) in [6.07, 6.45) is 2.17. The molecule has 0 saturated heterocycles. The zero-order valence-electron chi connectivity index (χ0n) is 11.2. The van der Waals surface area contributed by atoms with Crippen molar-refractivity contribution < 1.29 is 13.5 Å². The van der Waals surface area contributed by atoms with Gasteiger partial charge >= 0.3 is 133 Å². The van der Waals surface area contributed by atoms with E-state index in [0.29, 0.717) is 0 Å². The summed E-state index contributed by atoms with van der Waals surface area (Å²) in [6.45, 7) is 4.20. The zero-order chi connectivity index (χ0) is 14.3. The van der Waals surface area contributed by atoms with Crippen LogP contribution in [-0.2, 0) is 13.5 Å². The van der Waals surface area contributed by atoms with Crippen LogP contribution >= 0.6 is 19.4 Å². The summed E-state index contributed by atoms with van der Waals surface area (Å²) < 4.78 is 1.13. The summed E-state index contributed by atoms with van der Waals surface area (Å²) >= 11 is -1.91. The topological polar surface area (TPSA) is 0 Å². The van der Waals surface area contributed by atoms with Gasteiger partial charge in [0.25, 0.3) is 0 Å². The Kier molecular flexibility index (Phi) is 3.95. The van der Waals surface area contributed by atoms with Gasteiger partial charge in [0, 0.05) is 0 Å². The van der Waals surface area contributed by atoms with Crippen molar-refractivity contribution in [2.24, 2.45) is 0 Å². The Morgan fingerprint density at radius 3 is 2.10 bits per heavy atom. The average molecular weight is 390 g/mol. The number of halogens is 2. The van der Waals surface area contributed by atoms with Gasteiger partial charge in [-0.1, -0.05) is 0 Å². The number of allylic oxidation sites excluding steroid dienone is 1. The number of benzene rings is 2. The third kappa shape index (κ3) is 2.55. The van der Waals surface area contributed by atoms with Crippen LogP contribution in [0.5, 0.6) is 0 Å². The van der Waals surface area contributed by atoms with E-state index in [0.717, 1.165) is 4.11 Å². The number of hydrogen-bond acceptors (Lipinski definition) is 0. The molecule has 0 unspecified atom stereocenters. The van der Waals surface area contributed by atoms with Gasteiger partial charge in [0.1, 0.15) is 0 Å². The predicted molar refractivity (Wildman–Crippen MR) is 85.3 cm³/mol. The molecule has 0 heterocycles. The van der Waals surface area contributed by atoms with E-state index in [2.05, 4.69) is 62.4 Å². The van der Waals surface area contributed by atoms with E-state index in [1.54, 1.807) is 0 Å². The van der Waals surface area contributed by atoms with E-state index in [1.165, 1.54) is 33.4 Å². The Balaban J connectivity index is 2.21. The molecule has 2 aromatic carbocycles. The zero-order valence-corrected chi connectivity index (χ0v) is 14.5. The monoisotopic (exact) mass is 390 g/mol. The van der Waals surface area contributed by atoms with Gasteiger partial charge in [-0.3, -0.25) is 0 Å². The second-order valence-corrected chi connectivity index (χ2v) is 10.8. The summed E-state index contributed by atoms with van der Waals surface area (Å²) in [5, 5.41) is 0. The standard InChI is InChI=1S/C17H14.2ClH.Ru/c1-12-3-6-14(7-4-12)16-10-8-15-11-13(2)5-9-17(15)16;;;/h3-7,9-11H,1-2H3;2*1H;/q;;;+2/p-2. The molecule has 0 fully saturated rings. The quantitative estimate of drug-likeness (QED) is 0.588. The van der Waals surface area contributed by atoms with E-state index in [4.69, 9.17) is 19.4 Å². The van der Waals surface area contributed by atoms with Crippen LogP contribution in [0.3, 0.4) is 0 Å². The third-order valence-electron chi connectivity index (χ3n) is 3.49. The fourth-order valence-corrected chi connectivity index (χ4v) is 4.91. The number of hydrogen-bond donors (Lipinski definition) is 0. The van der Waals surface area contributed by atoms with Gasteiger partial charge in [-0.2, -0.15) is 0 Å². The van der Waals surface area contributed by atoms with Crippen molar-refractivity contribution in [3.05, 3.63) is 76.4 Å². The molecule has 104 valence electrons. The maximum atomic E-state index is 6.27. The Bertz CT molecular complexity index is 736. The van der Waals surface area contributed by atoms with Gasteiger partial charge in [-0.05, 0) is 0 Å². The van der Waals surface area contributed by atoms with Crippen molar-refractivity contribution in [1.82, 2.24) is 0 Å². The molecule has 0 aliphatic heterocycles. The van der Waals surface area contributed by atoms with Crippen molar-refractivity contribution in [3.8, 4) is 0 Å². The molecule has 3 rings (SSSR count). The summed E-state index contributed by atoms with van der Waals surface area (Å²) in [5.41, 5.74) is 7.42. The first-order valence-electron chi connectivity index (χ1n) is 6.33. The fourth-order valence-electron chi connectivity index (χ4n) is 2.45. The molecule has 1 aliphatic rings. The summed E-state index contributed by atoms with van der Waals surface area (Å²) in [6, 6.07) is 15.1. The number of fused-ring (bicyclic) bond motifs is 1. The SMILES string of the molecule is Cc1ccc(C2=C[C](=[Ru]([Cl])[Cl])c3cc(C)ccc32)cc1. The molecule has 3 heteroatoms. The van der Waals surface area contributed by atoms with Crippen molar-refractivity contribution in [2.75, 3.05) is 0 Å². The van der Waals surface area contributed by atoms with Crippen LogP contribution in [0.25, 0.3) is 5.57 Å². The molecule has 0 bridgehead atoms. The molecule has 0 atom stereocenters. The second kappa shape index (κ2) is 5.56. The molecule has 1 aliphatic carbocycles. The molecule has 20 heavy (non-hydrogen) atoms. The van der Waals surface area contributed by atoms with Crippen LogP contribution in [0, 0.1) is 13.8 Å². The van der Waals surface area contributed by atoms with Gasteiger partial charge in [-0.25, -0.2) is 0 Å². The normalized spacial score (nSPS) is 14.1. The number of rotatable bonds is 1. The molecular weight excluding hydrogens is 376 g/mol. The van der Waals surface area contributed by atoms with E-state index in [1.807, 2.05) is 0 Å². The van der Waals surface area contributed by atoms with Crippen molar-refractivity contribution in [1.29, 1.82) is 0 Å². The Labute approximate surface area is 132 Å². The van der Waals surface area contributed by atoms with E-state index in [9.17, 15) is 0 Å². The van der Waals surface area contributed by atoms with E-state index < -0.39 is 13.5 Å². The summed E-state index contributed by atoms with van der Waals surface area (Å²) in [4.78, 5) is 0.